The molecule has 1 aliphatic heterocycles. The molecule has 0 unspecified atom stereocenters. The van der Waals surface area contributed by atoms with Crippen molar-refractivity contribution in [2.24, 2.45) is 5.92 Å². The molecule has 0 N–H and O–H groups in total. The van der Waals surface area contributed by atoms with E-state index in [2.05, 4.69) is 11.1 Å². The van der Waals surface area contributed by atoms with Crippen molar-refractivity contribution >= 4 is 33.4 Å². The van der Waals surface area contributed by atoms with Crippen LogP contribution in [0, 0.1) is 5.92 Å². The second-order valence-electron chi connectivity index (χ2n) is 6.46. The molecule has 5 nitrogen and oxygen atoms in total. The van der Waals surface area contributed by atoms with Crippen molar-refractivity contribution in [2.45, 2.75) is 38.5 Å². The van der Waals surface area contributed by atoms with Gasteiger partial charge in [-0.2, -0.15) is 0 Å². The summed E-state index contributed by atoms with van der Waals surface area (Å²) < 4.78 is 6.01. The van der Waals surface area contributed by atoms with Crippen molar-refractivity contribution in [3.8, 4) is 0 Å². The third-order valence-corrected chi connectivity index (χ3v) is 5.85. The fourth-order valence-corrected chi connectivity index (χ4v) is 4.28. The summed E-state index contributed by atoms with van der Waals surface area (Å²) in [4.78, 5) is 30.3. The number of amides is 1. The number of piperidine rings is 1. The molecule has 1 fully saturated rings. The molecule has 6 heteroatoms. The maximum atomic E-state index is 12.3. The molecule has 0 aliphatic carbocycles. The van der Waals surface area contributed by atoms with Gasteiger partial charge in [0.1, 0.15) is 0 Å². The number of benzene rings is 1. The summed E-state index contributed by atoms with van der Waals surface area (Å²) in [5.74, 6) is 0.00337. The Bertz CT molecular complexity index is 702. The number of carbonyl (C=O) groups is 2. The first-order valence-corrected chi connectivity index (χ1v) is 9.69. The molecular weight excluding hydrogens is 336 g/mol. The third kappa shape index (κ3) is 4.57. The van der Waals surface area contributed by atoms with Crippen molar-refractivity contribution in [3.05, 3.63) is 29.3 Å². The molecule has 1 saturated heterocycles. The van der Waals surface area contributed by atoms with E-state index < -0.39 is 0 Å². The first-order valence-electron chi connectivity index (χ1n) is 8.87. The number of aromatic nitrogens is 1. The van der Waals surface area contributed by atoms with Crippen molar-refractivity contribution in [3.63, 3.8) is 0 Å². The first-order chi connectivity index (χ1) is 12.2. The molecule has 1 aromatic heterocycles. The van der Waals surface area contributed by atoms with E-state index in [1.54, 1.807) is 11.3 Å². The molecule has 3 rings (SSSR count). The zero-order valence-corrected chi connectivity index (χ0v) is 15.4. The summed E-state index contributed by atoms with van der Waals surface area (Å²) in [5.41, 5.74) is 1.06. The average Bonchev–Trinajstić information content (AvgIpc) is 3.07. The lowest BCUT2D eigenvalue weighted by atomic mass is 9.96. The van der Waals surface area contributed by atoms with Crippen LogP contribution in [-0.4, -0.2) is 42.0 Å². The van der Waals surface area contributed by atoms with Gasteiger partial charge in [0.25, 0.3) is 0 Å². The number of ether oxygens (including phenoxy) is 1. The number of para-hydroxylation sites is 1. The van der Waals surface area contributed by atoms with E-state index in [0.717, 1.165) is 29.8 Å². The van der Waals surface area contributed by atoms with E-state index in [9.17, 15) is 9.59 Å². The van der Waals surface area contributed by atoms with E-state index in [-0.39, 0.29) is 17.8 Å². The van der Waals surface area contributed by atoms with Crippen LogP contribution in [0.5, 0.6) is 0 Å². The molecule has 2 heterocycles. The zero-order valence-electron chi connectivity index (χ0n) is 14.6. The van der Waals surface area contributed by atoms with E-state index >= 15 is 0 Å². The fraction of sp³-hybridized carbons (Fsp3) is 0.526. The number of thiazole rings is 1. The maximum absolute atomic E-state index is 12.3. The van der Waals surface area contributed by atoms with Crippen LogP contribution in [0.4, 0.5) is 0 Å². The smallest absolute Gasteiger partial charge is 0.308 e. The number of rotatable bonds is 6. The number of likely N-dealkylation sites (tertiary alicyclic amines) is 1. The number of nitrogens with zero attached hydrogens (tertiary/aromatic N) is 2. The quantitative estimate of drug-likeness (QED) is 0.585. The number of carbonyl (C=O) groups excluding carboxylic acids is 2. The molecule has 0 atom stereocenters. The second kappa shape index (κ2) is 8.43. The van der Waals surface area contributed by atoms with Crippen LogP contribution in [0.3, 0.4) is 0 Å². The van der Waals surface area contributed by atoms with E-state index in [0.29, 0.717) is 32.4 Å². The van der Waals surface area contributed by atoms with Crippen LogP contribution in [0.1, 0.15) is 37.1 Å². The molecule has 134 valence electrons. The van der Waals surface area contributed by atoms with Crippen LogP contribution < -0.4 is 0 Å². The highest BCUT2D eigenvalue weighted by Gasteiger charge is 2.27. The summed E-state index contributed by atoms with van der Waals surface area (Å²) in [6.45, 7) is 1.33. The maximum Gasteiger partial charge on any atom is 0.308 e. The minimum absolute atomic E-state index is 0.0481. The Labute approximate surface area is 152 Å². The van der Waals surface area contributed by atoms with Gasteiger partial charge in [-0.1, -0.05) is 12.1 Å². The van der Waals surface area contributed by atoms with Crippen molar-refractivity contribution in [2.75, 3.05) is 20.2 Å². The van der Waals surface area contributed by atoms with Crippen molar-refractivity contribution < 1.29 is 14.3 Å². The standard InChI is InChI=1S/C19H24N2O3S/c1-24-19(23)14-10-12-21(13-11-14)18(22)9-5-4-8-17-20-15-6-2-3-7-16(15)25-17/h2-3,6-7,14H,4-5,8-13H2,1H3. The van der Waals surface area contributed by atoms with E-state index in [1.165, 1.54) is 11.8 Å². The van der Waals surface area contributed by atoms with Crippen molar-refractivity contribution in [1.29, 1.82) is 0 Å². The summed E-state index contributed by atoms with van der Waals surface area (Å²) in [5, 5.41) is 1.15. The Morgan fingerprint density at radius 2 is 2.00 bits per heavy atom. The zero-order chi connectivity index (χ0) is 17.6. The van der Waals surface area contributed by atoms with Gasteiger partial charge in [-0.15, -0.1) is 11.3 Å². The number of hydrogen-bond acceptors (Lipinski definition) is 5. The van der Waals surface area contributed by atoms with Gasteiger partial charge in [0.05, 0.1) is 28.3 Å². The Kier molecular flexibility index (Phi) is 6.02. The van der Waals surface area contributed by atoms with Gasteiger partial charge in [0.2, 0.25) is 5.91 Å². The lowest BCUT2D eigenvalue weighted by molar-refractivity contribution is -0.148. The number of fused-ring (bicyclic) bond motifs is 1. The predicted molar refractivity (Wildman–Crippen MR) is 98.5 cm³/mol. The molecule has 1 amide bonds. The summed E-state index contributed by atoms with van der Waals surface area (Å²) in [6.07, 6.45) is 4.79. The minimum Gasteiger partial charge on any atom is -0.469 e. The van der Waals surface area contributed by atoms with Gasteiger partial charge in [-0.25, -0.2) is 4.98 Å². The molecule has 0 bridgehead atoms. The van der Waals surface area contributed by atoms with Crippen LogP contribution in [0.25, 0.3) is 10.2 Å². The Balaban J connectivity index is 1.37. The van der Waals surface area contributed by atoms with Gasteiger partial charge >= 0.3 is 5.97 Å². The largest absolute Gasteiger partial charge is 0.469 e. The number of hydrogen-bond donors (Lipinski definition) is 0. The number of aryl methyl sites for hydroxylation is 1. The molecule has 1 aliphatic rings. The molecule has 0 radical (unpaired) electrons. The highest BCUT2D eigenvalue weighted by Crippen LogP contribution is 2.23. The third-order valence-electron chi connectivity index (χ3n) is 4.75. The second-order valence-corrected chi connectivity index (χ2v) is 7.58. The van der Waals surface area contributed by atoms with E-state index in [1.807, 2.05) is 23.1 Å². The molecular formula is C19H24N2O3S. The summed E-state index contributed by atoms with van der Waals surface area (Å²) >= 11 is 1.74. The lowest BCUT2D eigenvalue weighted by Crippen LogP contribution is -2.40. The number of esters is 1. The van der Waals surface area contributed by atoms with Crippen LogP contribution in [0.15, 0.2) is 24.3 Å². The highest BCUT2D eigenvalue weighted by atomic mass is 32.1. The first kappa shape index (κ1) is 17.9. The van der Waals surface area contributed by atoms with Crippen LogP contribution in [-0.2, 0) is 20.7 Å². The number of unbranched alkanes of at least 4 members (excludes halogenated alkanes) is 1. The van der Waals surface area contributed by atoms with Gasteiger partial charge in [0, 0.05) is 19.5 Å². The predicted octanol–water partition coefficient (Wildman–Crippen LogP) is 3.42. The fourth-order valence-electron chi connectivity index (χ4n) is 3.27. The topological polar surface area (TPSA) is 59.5 Å². The van der Waals surface area contributed by atoms with Gasteiger partial charge < -0.3 is 9.64 Å². The molecule has 0 spiro atoms. The number of methoxy groups -OCH3 is 1. The minimum atomic E-state index is -0.150. The molecule has 1 aromatic carbocycles. The Morgan fingerprint density at radius 3 is 2.72 bits per heavy atom. The van der Waals surface area contributed by atoms with E-state index in [4.69, 9.17) is 4.74 Å². The molecule has 0 saturated carbocycles. The van der Waals surface area contributed by atoms with Gasteiger partial charge in [0.15, 0.2) is 0 Å². The highest BCUT2D eigenvalue weighted by molar-refractivity contribution is 7.18. The normalized spacial score (nSPS) is 15.5. The van der Waals surface area contributed by atoms with Crippen LogP contribution >= 0.6 is 11.3 Å². The Morgan fingerprint density at radius 1 is 1.24 bits per heavy atom. The van der Waals surface area contributed by atoms with Crippen LogP contribution in [0.2, 0.25) is 0 Å². The Hall–Kier alpha value is -1.95. The van der Waals surface area contributed by atoms with Gasteiger partial charge in [-0.05, 0) is 44.2 Å². The molecule has 25 heavy (non-hydrogen) atoms. The van der Waals surface area contributed by atoms with Gasteiger partial charge in [-0.3, -0.25) is 9.59 Å². The average molecular weight is 360 g/mol. The SMILES string of the molecule is COC(=O)C1CCN(C(=O)CCCCc2nc3ccccc3s2)CC1. The lowest BCUT2D eigenvalue weighted by Gasteiger charge is -2.30. The molecule has 2 aromatic rings. The summed E-state index contributed by atoms with van der Waals surface area (Å²) in [6, 6.07) is 8.18. The summed E-state index contributed by atoms with van der Waals surface area (Å²) in [7, 11) is 1.42. The monoisotopic (exact) mass is 360 g/mol. The van der Waals surface area contributed by atoms with Crippen molar-refractivity contribution in [1.82, 2.24) is 9.88 Å².